The molecule has 6 atom stereocenters. The van der Waals surface area contributed by atoms with Crippen LogP contribution in [0.5, 0.6) is 11.5 Å². The van der Waals surface area contributed by atoms with Gasteiger partial charge in [0.1, 0.15) is 11.5 Å². The SMILES string of the molecule is COc1cc([C@H]2C3=CC[C@@H]4C(=O)N(c5cc(C(F)(F)F)cc(C(F)(F)F)c5)C(=O)[C@@H]4[C@@H]3C[C@H]3C(=O)N(c4cc(-c5sc6ccc(Cl)cc6c5C)nn4C)C(=O)[C@@]23C)cc(Cl)c1O. The van der Waals surface area contributed by atoms with Crippen molar-refractivity contribution >= 4 is 79.8 Å². The highest BCUT2D eigenvalue weighted by molar-refractivity contribution is 7.22. The number of aryl methyl sites for hydroxylation is 2. The summed E-state index contributed by atoms with van der Waals surface area (Å²) in [4.78, 5) is 60.9. The summed E-state index contributed by atoms with van der Waals surface area (Å²) in [7, 11) is 2.86. The number of ether oxygens (including phenoxy) is 1. The van der Waals surface area contributed by atoms with Crippen molar-refractivity contribution in [3.63, 3.8) is 0 Å². The number of rotatable bonds is 5. The third-order valence-corrected chi connectivity index (χ3v) is 14.7. The largest absolute Gasteiger partial charge is 0.503 e. The Bertz CT molecular complexity index is 2820. The lowest BCUT2D eigenvalue weighted by Crippen LogP contribution is -2.49. The van der Waals surface area contributed by atoms with Gasteiger partial charge in [0, 0.05) is 28.8 Å². The van der Waals surface area contributed by atoms with Gasteiger partial charge in [-0.2, -0.15) is 31.4 Å². The number of carbonyl (C=O) groups is 4. The average Bonchev–Trinajstić information content (AvgIpc) is 3.88. The van der Waals surface area contributed by atoms with Crippen molar-refractivity contribution in [3.8, 4) is 22.1 Å². The number of carbonyl (C=O) groups excluding carboxylic acids is 4. The molecule has 0 radical (unpaired) electrons. The molecule has 1 saturated carbocycles. The first-order chi connectivity index (χ1) is 29.1. The summed E-state index contributed by atoms with van der Waals surface area (Å²) in [6, 6.07) is 10.5. The van der Waals surface area contributed by atoms with Gasteiger partial charge in [-0.3, -0.25) is 23.9 Å². The number of aromatic nitrogens is 2. The van der Waals surface area contributed by atoms with E-state index >= 15 is 4.79 Å². The van der Waals surface area contributed by atoms with Crippen molar-refractivity contribution in [1.82, 2.24) is 9.78 Å². The predicted molar refractivity (Wildman–Crippen MR) is 217 cm³/mol. The van der Waals surface area contributed by atoms with Crippen LogP contribution in [0.2, 0.25) is 10.0 Å². The van der Waals surface area contributed by atoms with Gasteiger partial charge in [0.05, 0.1) is 57.0 Å². The summed E-state index contributed by atoms with van der Waals surface area (Å²) in [5.41, 5.74) is -3.82. The number of alkyl halides is 6. The molecule has 0 bridgehead atoms. The molecule has 0 unspecified atom stereocenters. The van der Waals surface area contributed by atoms with Gasteiger partial charge in [-0.15, -0.1) is 11.3 Å². The quantitative estimate of drug-likeness (QED) is 0.106. The second-order valence-corrected chi connectivity index (χ2v) is 18.1. The predicted octanol–water partition coefficient (Wildman–Crippen LogP) is 10.1. The normalized spacial score (nSPS) is 25.1. The molecule has 322 valence electrons. The van der Waals surface area contributed by atoms with Crippen molar-refractivity contribution in [1.29, 1.82) is 0 Å². The molecular weight excluding hydrogens is 885 g/mol. The Morgan fingerprint density at radius 2 is 1.56 bits per heavy atom. The van der Waals surface area contributed by atoms with E-state index in [2.05, 4.69) is 0 Å². The maximum atomic E-state index is 15.2. The van der Waals surface area contributed by atoms with E-state index in [0.29, 0.717) is 38.9 Å². The van der Waals surface area contributed by atoms with Crippen LogP contribution in [-0.2, 0) is 38.6 Å². The van der Waals surface area contributed by atoms with E-state index in [0.717, 1.165) is 25.4 Å². The smallest absolute Gasteiger partial charge is 0.416 e. The fourth-order valence-corrected chi connectivity index (χ4v) is 11.6. The van der Waals surface area contributed by atoms with E-state index in [1.165, 1.54) is 35.3 Å². The van der Waals surface area contributed by atoms with Gasteiger partial charge in [0.15, 0.2) is 11.5 Å². The van der Waals surface area contributed by atoms with Crippen LogP contribution in [0.15, 0.2) is 66.2 Å². The number of amides is 4. The second-order valence-electron chi connectivity index (χ2n) is 16.2. The van der Waals surface area contributed by atoms with Crippen LogP contribution in [0, 0.1) is 36.0 Å². The number of phenolic OH excluding ortho intramolecular Hbond substituents is 1. The molecule has 2 saturated heterocycles. The van der Waals surface area contributed by atoms with Crippen LogP contribution < -0.4 is 14.5 Å². The number of methoxy groups -OCH3 is 1. The van der Waals surface area contributed by atoms with Gasteiger partial charge < -0.3 is 9.84 Å². The van der Waals surface area contributed by atoms with Crippen LogP contribution in [0.1, 0.15) is 47.9 Å². The summed E-state index contributed by atoms with van der Waals surface area (Å²) in [5.74, 6) is -9.48. The number of hydrogen-bond acceptors (Lipinski definition) is 8. The zero-order chi connectivity index (χ0) is 44.7. The van der Waals surface area contributed by atoms with E-state index in [4.69, 9.17) is 33.0 Å². The van der Waals surface area contributed by atoms with E-state index in [1.807, 2.05) is 19.1 Å². The highest BCUT2D eigenvalue weighted by Crippen LogP contribution is 2.64. The van der Waals surface area contributed by atoms with Gasteiger partial charge in [0.25, 0.3) is 0 Å². The molecule has 2 aliphatic heterocycles. The number of hydrogen-bond donors (Lipinski definition) is 1. The highest BCUT2D eigenvalue weighted by atomic mass is 35.5. The maximum absolute atomic E-state index is 15.2. The first kappa shape index (κ1) is 41.9. The molecule has 2 aliphatic carbocycles. The number of nitrogens with zero attached hydrogens (tertiary/aromatic N) is 4. The maximum Gasteiger partial charge on any atom is 0.416 e. The number of thiophene rings is 1. The van der Waals surface area contributed by atoms with Crippen LogP contribution in [0.4, 0.5) is 37.8 Å². The Kier molecular flexibility index (Phi) is 9.51. The number of anilines is 2. The Morgan fingerprint density at radius 3 is 2.21 bits per heavy atom. The summed E-state index contributed by atoms with van der Waals surface area (Å²) in [6.45, 7) is 3.51. The zero-order valence-corrected chi connectivity index (χ0v) is 35.1. The minimum atomic E-state index is -5.25. The molecule has 1 N–H and O–H groups in total. The van der Waals surface area contributed by atoms with Crippen molar-refractivity contribution in [2.24, 2.45) is 36.1 Å². The molecular formula is C43H32Cl2F6N4O6S. The molecule has 3 aromatic carbocycles. The monoisotopic (exact) mass is 916 g/mol. The van der Waals surface area contributed by atoms with Gasteiger partial charge in [-0.05, 0) is 97.7 Å². The number of aromatic hydroxyl groups is 1. The third-order valence-electron chi connectivity index (χ3n) is 12.9. The van der Waals surface area contributed by atoms with Crippen LogP contribution in [0.3, 0.4) is 0 Å². The van der Waals surface area contributed by atoms with Gasteiger partial charge in [0.2, 0.25) is 23.6 Å². The lowest BCUT2D eigenvalue weighted by atomic mass is 9.51. The minimum absolute atomic E-state index is 0.0720. The molecule has 4 amide bonds. The van der Waals surface area contributed by atoms with E-state index < -0.39 is 93.5 Å². The molecule has 10 nitrogen and oxygen atoms in total. The molecule has 0 spiro atoms. The number of fused-ring (bicyclic) bond motifs is 5. The standard InChI is InChI=1S/C43H32Cl2F6N4O6S/c1-17-25-14-21(44)5-8-31(25)62-36(17)29-16-32(53(3)52-29)55-38(58)27-15-26-23(34(41(27,2)40(55)60)18-9-28(45)35(56)30(10-18)61-4)6-7-24-33(26)39(59)54(37(24)57)22-12-19(42(46,47)48)11-20(13-22)43(49,50)51/h5-6,8-14,16,24,26-27,33-34,56H,7,15H2,1-4H3/t24-,26+,27-,33-,34-,41+/m0/s1. The van der Waals surface area contributed by atoms with Crippen LogP contribution in [-0.4, -0.2) is 45.6 Å². The van der Waals surface area contributed by atoms with Crippen molar-refractivity contribution in [3.05, 3.63) is 98.5 Å². The minimum Gasteiger partial charge on any atom is -0.503 e. The fraction of sp³-hybridized carbons (Fsp3) is 0.326. The first-order valence-electron chi connectivity index (χ1n) is 19.1. The summed E-state index contributed by atoms with van der Waals surface area (Å²) in [5, 5.41) is 16.7. The van der Waals surface area contributed by atoms with Gasteiger partial charge in [-0.25, -0.2) is 9.80 Å². The number of halogens is 8. The number of imide groups is 2. The molecule has 3 fully saturated rings. The Balaban J connectivity index is 1.16. The van der Waals surface area contributed by atoms with Gasteiger partial charge in [-0.1, -0.05) is 34.9 Å². The number of benzene rings is 3. The summed E-state index contributed by atoms with van der Waals surface area (Å²) in [6.07, 6.45) is -9.21. The molecule has 5 aromatic rings. The molecule has 4 aliphatic rings. The van der Waals surface area contributed by atoms with Gasteiger partial charge >= 0.3 is 12.4 Å². The van der Waals surface area contributed by atoms with Crippen molar-refractivity contribution in [2.45, 2.75) is 45.0 Å². The summed E-state index contributed by atoms with van der Waals surface area (Å²) >= 11 is 14.2. The Labute approximate surface area is 362 Å². The molecule has 62 heavy (non-hydrogen) atoms. The lowest BCUT2D eigenvalue weighted by molar-refractivity contribution is -0.143. The van der Waals surface area contributed by atoms with Crippen LogP contribution in [0.25, 0.3) is 20.7 Å². The van der Waals surface area contributed by atoms with Crippen molar-refractivity contribution in [2.75, 3.05) is 16.9 Å². The second kappa shape index (κ2) is 14.1. The summed E-state index contributed by atoms with van der Waals surface area (Å²) < 4.78 is 91.4. The first-order valence-corrected chi connectivity index (χ1v) is 20.7. The number of allylic oxidation sites excluding steroid dienone is 2. The fourth-order valence-electron chi connectivity index (χ4n) is 10.1. The average molecular weight is 918 g/mol. The molecule has 4 heterocycles. The lowest BCUT2D eigenvalue weighted by Gasteiger charge is -2.49. The van der Waals surface area contributed by atoms with Crippen molar-refractivity contribution < 1.29 is 55.4 Å². The van der Waals surface area contributed by atoms with E-state index in [9.17, 15) is 45.8 Å². The highest BCUT2D eigenvalue weighted by Gasteiger charge is 2.68. The Morgan fingerprint density at radius 1 is 0.887 bits per heavy atom. The zero-order valence-electron chi connectivity index (χ0n) is 32.8. The number of phenols is 1. The Hall–Kier alpha value is -5.39. The van der Waals surface area contributed by atoms with Crippen LogP contribution >= 0.6 is 34.5 Å². The third kappa shape index (κ3) is 6.08. The molecule has 9 rings (SSSR count). The molecule has 2 aromatic heterocycles. The van der Waals surface area contributed by atoms with E-state index in [1.54, 1.807) is 32.2 Å². The molecule has 19 heteroatoms. The van der Waals surface area contributed by atoms with E-state index in [-0.39, 0.29) is 35.5 Å². The topological polar surface area (TPSA) is 122 Å².